The van der Waals surface area contributed by atoms with Crippen LogP contribution in [0.3, 0.4) is 0 Å². The van der Waals surface area contributed by atoms with Gasteiger partial charge >= 0.3 is 0 Å². The van der Waals surface area contributed by atoms with Crippen molar-refractivity contribution in [3.8, 4) is 0 Å². The van der Waals surface area contributed by atoms with Gasteiger partial charge in [0.25, 0.3) is 0 Å². The molecule has 174 valence electrons. The number of nitrogens with one attached hydrogen (secondary N) is 2. The molecule has 1 saturated heterocycles. The summed E-state index contributed by atoms with van der Waals surface area (Å²) in [5, 5.41) is 11.7. The number of benzene rings is 1. The summed E-state index contributed by atoms with van der Waals surface area (Å²) in [6.45, 7) is 5.78. The van der Waals surface area contributed by atoms with E-state index < -0.39 is 0 Å². The number of carbonyl (C=O) groups is 1. The molecule has 3 heterocycles. The van der Waals surface area contributed by atoms with Crippen molar-refractivity contribution >= 4 is 28.6 Å². The van der Waals surface area contributed by atoms with Crippen molar-refractivity contribution in [2.45, 2.75) is 38.8 Å². The largest absolute Gasteiger partial charge is 0.379 e. The van der Waals surface area contributed by atoms with Crippen molar-refractivity contribution in [3.63, 3.8) is 0 Å². The van der Waals surface area contributed by atoms with E-state index in [1.54, 1.807) is 12.4 Å². The van der Waals surface area contributed by atoms with Gasteiger partial charge in [0, 0.05) is 50.5 Å². The van der Waals surface area contributed by atoms with E-state index >= 15 is 0 Å². The fourth-order valence-electron chi connectivity index (χ4n) is 4.24. The zero-order valence-corrected chi connectivity index (χ0v) is 18.9. The number of rotatable bonds is 9. The number of hydrogen-bond donors (Lipinski definition) is 2. The first-order valence-corrected chi connectivity index (χ1v) is 11.9. The van der Waals surface area contributed by atoms with E-state index in [0.717, 1.165) is 68.8 Å². The molecule has 1 saturated carbocycles. The van der Waals surface area contributed by atoms with Crippen LogP contribution in [0.2, 0.25) is 0 Å². The number of fused-ring (bicyclic) bond motifs is 1. The number of nitrogens with zero attached hydrogens (tertiary/aromatic N) is 5. The molecule has 33 heavy (non-hydrogen) atoms. The predicted molar refractivity (Wildman–Crippen MR) is 126 cm³/mol. The Balaban J connectivity index is 1.19. The van der Waals surface area contributed by atoms with Gasteiger partial charge in [-0.15, -0.1) is 0 Å². The Kier molecular flexibility index (Phi) is 6.78. The van der Waals surface area contributed by atoms with Crippen LogP contribution in [0, 0.1) is 5.92 Å². The number of ether oxygens (including phenoxy) is 1. The van der Waals surface area contributed by atoms with Gasteiger partial charge in [0.15, 0.2) is 5.65 Å². The first-order valence-electron chi connectivity index (χ1n) is 11.9. The van der Waals surface area contributed by atoms with Crippen LogP contribution in [0.4, 0.5) is 11.6 Å². The molecule has 2 aromatic heterocycles. The minimum atomic E-state index is 0.191. The normalized spacial score (nSPS) is 17.1. The minimum absolute atomic E-state index is 0.191. The molecule has 2 aliphatic rings. The van der Waals surface area contributed by atoms with Gasteiger partial charge in [-0.3, -0.25) is 9.69 Å². The van der Waals surface area contributed by atoms with E-state index in [1.807, 2.05) is 10.7 Å². The van der Waals surface area contributed by atoms with Crippen LogP contribution < -0.4 is 10.6 Å². The molecule has 0 atom stereocenters. The highest BCUT2D eigenvalue weighted by molar-refractivity contribution is 5.79. The van der Waals surface area contributed by atoms with Crippen LogP contribution in [0.15, 0.2) is 36.7 Å². The molecule has 5 rings (SSSR count). The number of amides is 1. The summed E-state index contributed by atoms with van der Waals surface area (Å²) in [6, 6.07) is 8.37. The monoisotopic (exact) mass is 449 g/mol. The van der Waals surface area contributed by atoms with Gasteiger partial charge in [-0.1, -0.05) is 18.6 Å². The lowest BCUT2D eigenvalue weighted by Crippen LogP contribution is -2.35. The average molecular weight is 450 g/mol. The Labute approximate surface area is 193 Å². The molecule has 1 aliphatic carbocycles. The Morgan fingerprint density at radius 2 is 2.06 bits per heavy atom. The highest BCUT2D eigenvalue weighted by Gasteiger charge is 2.24. The molecule has 9 nitrogen and oxygen atoms in total. The van der Waals surface area contributed by atoms with Crippen LogP contribution in [-0.4, -0.2) is 63.4 Å². The van der Waals surface area contributed by atoms with Crippen molar-refractivity contribution in [2.75, 3.05) is 38.2 Å². The third-order valence-corrected chi connectivity index (χ3v) is 6.39. The van der Waals surface area contributed by atoms with Gasteiger partial charge in [-0.05, 0) is 37.0 Å². The summed E-state index contributed by atoms with van der Waals surface area (Å²) < 4.78 is 7.32. The van der Waals surface area contributed by atoms with Crippen molar-refractivity contribution < 1.29 is 9.53 Å². The summed E-state index contributed by atoms with van der Waals surface area (Å²) >= 11 is 0. The minimum Gasteiger partial charge on any atom is -0.379 e. The van der Waals surface area contributed by atoms with Crippen LogP contribution in [0.5, 0.6) is 0 Å². The number of hydrogen-bond acceptors (Lipinski definition) is 7. The van der Waals surface area contributed by atoms with Gasteiger partial charge in [-0.2, -0.15) is 10.1 Å². The Hall–Kier alpha value is -3.04. The Morgan fingerprint density at radius 3 is 2.88 bits per heavy atom. The first-order chi connectivity index (χ1) is 16.2. The van der Waals surface area contributed by atoms with Gasteiger partial charge < -0.3 is 15.4 Å². The lowest BCUT2D eigenvalue weighted by molar-refractivity contribution is -0.127. The maximum Gasteiger partial charge on any atom is 0.229 e. The molecule has 0 radical (unpaired) electrons. The Morgan fingerprint density at radius 1 is 1.18 bits per heavy atom. The zero-order chi connectivity index (χ0) is 22.5. The quantitative estimate of drug-likeness (QED) is 0.485. The number of carbonyl (C=O) groups excluding carboxylic acids is 1. The maximum atomic E-state index is 12.0. The van der Waals surface area contributed by atoms with E-state index in [1.165, 1.54) is 12.0 Å². The molecule has 0 spiro atoms. The summed E-state index contributed by atoms with van der Waals surface area (Å²) in [4.78, 5) is 23.5. The van der Waals surface area contributed by atoms with Gasteiger partial charge in [-0.25, -0.2) is 9.67 Å². The van der Waals surface area contributed by atoms with Crippen LogP contribution in [-0.2, 0) is 22.6 Å². The van der Waals surface area contributed by atoms with Crippen molar-refractivity contribution in [2.24, 2.45) is 5.92 Å². The SMILES string of the molecule is O=C(NCCCn1ncc2cnc(Nc3cccc(CN4CCOCC4)c3)nc21)C1CCC1. The summed E-state index contributed by atoms with van der Waals surface area (Å²) in [5.41, 5.74) is 3.00. The second-order valence-electron chi connectivity index (χ2n) is 8.83. The van der Waals surface area contributed by atoms with Crippen LogP contribution >= 0.6 is 0 Å². The molecule has 1 aromatic carbocycles. The number of morpholine rings is 1. The second-order valence-corrected chi connectivity index (χ2v) is 8.83. The molecule has 3 aromatic rings. The standard InChI is InChI=1S/C24H31N7O2/c32-23(19-5-2-6-19)25-8-3-9-31-22-20(16-27-31)15-26-24(29-22)28-21-7-1-4-18(14-21)17-30-10-12-33-13-11-30/h1,4,7,14-16,19H,2-3,5-6,8-13,17H2,(H,25,32)(H,26,28,29). The second kappa shape index (κ2) is 10.3. The topological polar surface area (TPSA) is 97.2 Å². The molecule has 0 bridgehead atoms. The fourth-order valence-corrected chi connectivity index (χ4v) is 4.24. The molecule has 2 N–H and O–H groups in total. The number of aromatic nitrogens is 4. The number of aryl methyl sites for hydroxylation is 1. The molecular weight excluding hydrogens is 418 g/mol. The third-order valence-electron chi connectivity index (χ3n) is 6.39. The number of anilines is 2. The molecule has 1 aliphatic heterocycles. The fraction of sp³-hybridized carbons (Fsp3) is 0.500. The highest BCUT2D eigenvalue weighted by atomic mass is 16.5. The lowest BCUT2D eigenvalue weighted by atomic mass is 9.85. The highest BCUT2D eigenvalue weighted by Crippen LogP contribution is 2.26. The molecule has 1 amide bonds. The predicted octanol–water partition coefficient (Wildman–Crippen LogP) is 2.71. The molecule has 0 unspecified atom stereocenters. The Bertz CT molecular complexity index is 1090. The lowest BCUT2D eigenvalue weighted by Gasteiger charge is -2.26. The van der Waals surface area contributed by atoms with E-state index in [2.05, 4.69) is 43.8 Å². The third kappa shape index (κ3) is 5.48. The van der Waals surface area contributed by atoms with Gasteiger partial charge in [0.05, 0.1) is 24.8 Å². The van der Waals surface area contributed by atoms with E-state index in [0.29, 0.717) is 19.0 Å². The summed E-state index contributed by atoms with van der Waals surface area (Å²) in [7, 11) is 0. The molecule has 2 fully saturated rings. The first kappa shape index (κ1) is 21.8. The van der Waals surface area contributed by atoms with E-state index in [9.17, 15) is 4.79 Å². The summed E-state index contributed by atoms with van der Waals surface area (Å²) in [6.07, 6.45) is 7.62. The molecule has 9 heteroatoms. The van der Waals surface area contributed by atoms with Crippen molar-refractivity contribution in [3.05, 3.63) is 42.2 Å². The summed E-state index contributed by atoms with van der Waals surface area (Å²) in [5.74, 6) is 0.964. The van der Waals surface area contributed by atoms with Crippen molar-refractivity contribution in [1.29, 1.82) is 0 Å². The maximum absolute atomic E-state index is 12.0. The van der Waals surface area contributed by atoms with Gasteiger partial charge in [0.1, 0.15) is 0 Å². The van der Waals surface area contributed by atoms with Crippen LogP contribution in [0.25, 0.3) is 11.0 Å². The van der Waals surface area contributed by atoms with E-state index in [-0.39, 0.29) is 11.8 Å². The van der Waals surface area contributed by atoms with Crippen LogP contribution in [0.1, 0.15) is 31.2 Å². The zero-order valence-electron chi connectivity index (χ0n) is 18.9. The van der Waals surface area contributed by atoms with Gasteiger partial charge in [0.2, 0.25) is 11.9 Å². The van der Waals surface area contributed by atoms with Crippen molar-refractivity contribution in [1.82, 2.24) is 30.0 Å². The smallest absolute Gasteiger partial charge is 0.229 e. The molecular formula is C24H31N7O2. The average Bonchev–Trinajstić information content (AvgIpc) is 3.19. The van der Waals surface area contributed by atoms with E-state index in [4.69, 9.17) is 9.72 Å².